The van der Waals surface area contributed by atoms with Crippen LogP contribution in [0.2, 0.25) is 0 Å². The van der Waals surface area contributed by atoms with Crippen molar-refractivity contribution in [1.29, 1.82) is 0 Å². The van der Waals surface area contributed by atoms with Gasteiger partial charge in [0.2, 0.25) is 0 Å². The smallest absolute Gasteiger partial charge is 0.0473 e. The van der Waals surface area contributed by atoms with E-state index in [1.807, 2.05) is 0 Å². The summed E-state index contributed by atoms with van der Waals surface area (Å²) in [6, 6.07) is 0. The summed E-state index contributed by atoms with van der Waals surface area (Å²) in [7, 11) is 0. The van der Waals surface area contributed by atoms with Crippen LogP contribution in [0, 0.1) is 11.8 Å². The van der Waals surface area contributed by atoms with Gasteiger partial charge in [0.1, 0.15) is 0 Å². The van der Waals surface area contributed by atoms with E-state index in [0.717, 1.165) is 0 Å². The van der Waals surface area contributed by atoms with Crippen LogP contribution < -0.4 is 5.73 Å². The second-order valence-electron chi connectivity index (χ2n) is 2.42. The number of nitrogens with two attached hydrogens (primary N) is 1. The van der Waals surface area contributed by atoms with Crippen molar-refractivity contribution < 1.29 is 5.11 Å². The first-order valence-corrected chi connectivity index (χ1v) is 3.03. The Bertz CT molecular complexity index is 50.5. The predicted octanol–water partition coefficient (Wildman–Crippen LogP) is 0.210. The van der Waals surface area contributed by atoms with E-state index >= 15 is 0 Å². The molecular weight excluding hydrogens is 102 g/mol. The molecule has 0 aromatic heterocycles. The normalized spacial score (nSPS) is 14.6. The zero-order chi connectivity index (χ0) is 6.57. The van der Waals surface area contributed by atoms with Gasteiger partial charge in [-0.25, -0.2) is 0 Å². The second kappa shape index (κ2) is 3.87. The Kier molecular flexibility index (Phi) is 3.83. The topological polar surface area (TPSA) is 46.2 Å². The Morgan fingerprint density at radius 1 is 1.50 bits per heavy atom. The molecule has 0 aliphatic rings. The van der Waals surface area contributed by atoms with Crippen LogP contribution in [-0.4, -0.2) is 18.3 Å². The lowest BCUT2D eigenvalue weighted by Gasteiger charge is -2.14. The Morgan fingerprint density at radius 3 is 2.00 bits per heavy atom. The van der Waals surface area contributed by atoms with Gasteiger partial charge in [-0.3, -0.25) is 0 Å². The lowest BCUT2D eigenvalue weighted by Crippen LogP contribution is -2.22. The van der Waals surface area contributed by atoms with Crippen molar-refractivity contribution in [2.24, 2.45) is 17.6 Å². The summed E-state index contributed by atoms with van der Waals surface area (Å²) in [5, 5.41) is 8.62. The third-order valence-electron chi connectivity index (χ3n) is 1.48. The first-order chi connectivity index (χ1) is 3.72. The zero-order valence-corrected chi connectivity index (χ0v) is 5.59. The number of hydrogen-bond acceptors (Lipinski definition) is 2. The lowest BCUT2D eigenvalue weighted by molar-refractivity contribution is 0.195. The van der Waals surface area contributed by atoms with Crippen molar-refractivity contribution in [3.8, 4) is 0 Å². The SMILES string of the molecule is CC(C)[C@@H](CN)CO. The molecule has 0 rings (SSSR count). The summed E-state index contributed by atoms with van der Waals surface area (Å²) < 4.78 is 0. The highest BCUT2D eigenvalue weighted by Gasteiger charge is 2.07. The van der Waals surface area contributed by atoms with Crippen molar-refractivity contribution in [3.63, 3.8) is 0 Å². The molecular formula is C6H15NO. The summed E-state index contributed by atoms with van der Waals surface area (Å²) in [5.74, 6) is 0.792. The fourth-order valence-corrected chi connectivity index (χ4v) is 0.558. The molecule has 0 heterocycles. The Morgan fingerprint density at radius 2 is 2.00 bits per heavy atom. The summed E-state index contributed by atoms with van der Waals surface area (Å²) in [6.07, 6.45) is 0. The van der Waals surface area contributed by atoms with E-state index < -0.39 is 0 Å². The molecule has 50 valence electrons. The molecule has 3 N–H and O–H groups in total. The average molecular weight is 117 g/mol. The number of aliphatic hydroxyl groups is 1. The summed E-state index contributed by atoms with van der Waals surface area (Å²) in [5.41, 5.74) is 5.32. The van der Waals surface area contributed by atoms with Crippen molar-refractivity contribution in [1.82, 2.24) is 0 Å². The lowest BCUT2D eigenvalue weighted by atomic mass is 9.97. The number of hydrogen-bond donors (Lipinski definition) is 2. The largest absolute Gasteiger partial charge is 0.396 e. The van der Waals surface area contributed by atoms with Gasteiger partial charge >= 0.3 is 0 Å². The summed E-state index contributed by atoms with van der Waals surface area (Å²) >= 11 is 0. The first-order valence-electron chi connectivity index (χ1n) is 3.03. The quantitative estimate of drug-likeness (QED) is 0.555. The molecule has 2 heteroatoms. The van der Waals surface area contributed by atoms with Crippen LogP contribution in [0.15, 0.2) is 0 Å². The minimum absolute atomic E-state index is 0.216. The van der Waals surface area contributed by atoms with Gasteiger partial charge in [0, 0.05) is 6.61 Å². The molecule has 2 nitrogen and oxygen atoms in total. The second-order valence-corrected chi connectivity index (χ2v) is 2.42. The molecule has 0 aromatic rings. The molecule has 0 aromatic carbocycles. The van der Waals surface area contributed by atoms with Crippen LogP contribution in [0.3, 0.4) is 0 Å². The van der Waals surface area contributed by atoms with E-state index in [1.165, 1.54) is 0 Å². The maximum absolute atomic E-state index is 8.62. The average Bonchev–Trinajstić information content (AvgIpc) is 1.69. The Hall–Kier alpha value is -0.0800. The molecule has 1 atom stereocenters. The van der Waals surface area contributed by atoms with Crippen molar-refractivity contribution >= 4 is 0 Å². The van der Waals surface area contributed by atoms with E-state index in [1.54, 1.807) is 0 Å². The summed E-state index contributed by atoms with van der Waals surface area (Å²) in [6.45, 7) is 4.93. The molecule has 0 fully saturated rings. The molecule has 0 spiro atoms. The molecule has 0 aliphatic heterocycles. The zero-order valence-electron chi connectivity index (χ0n) is 5.59. The van der Waals surface area contributed by atoms with E-state index in [9.17, 15) is 0 Å². The highest BCUT2D eigenvalue weighted by Crippen LogP contribution is 2.06. The third-order valence-corrected chi connectivity index (χ3v) is 1.48. The molecule has 0 saturated heterocycles. The molecule has 0 bridgehead atoms. The van der Waals surface area contributed by atoms with Gasteiger partial charge in [0.25, 0.3) is 0 Å². The maximum Gasteiger partial charge on any atom is 0.0473 e. The fourth-order valence-electron chi connectivity index (χ4n) is 0.558. The molecule has 0 unspecified atom stereocenters. The maximum atomic E-state index is 8.62. The van der Waals surface area contributed by atoms with Gasteiger partial charge in [-0.05, 0) is 18.4 Å². The van der Waals surface area contributed by atoms with Crippen molar-refractivity contribution in [2.45, 2.75) is 13.8 Å². The van der Waals surface area contributed by atoms with Crippen LogP contribution in [-0.2, 0) is 0 Å². The Balaban J connectivity index is 3.35. The van der Waals surface area contributed by atoms with Gasteiger partial charge in [0.15, 0.2) is 0 Å². The van der Waals surface area contributed by atoms with Crippen LogP contribution in [0.1, 0.15) is 13.8 Å². The predicted molar refractivity (Wildman–Crippen MR) is 34.5 cm³/mol. The van der Waals surface area contributed by atoms with Crippen LogP contribution in [0.4, 0.5) is 0 Å². The van der Waals surface area contributed by atoms with Crippen LogP contribution in [0.25, 0.3) is 0 Å². The first kappa shape index (κ1) is 7.92. The molecule has 0 aliphatic carbocycles. The monoisotopic (exact) mass is 117 g/mol. The van der Waals surface area contributed by atoms with Gasteiger partial charge in [0.05, 0.1) is 0 Å². The van der Waals surface area contributed by atoms with E-state index in [-0.39, 0.29) is 12.5 Å². The van der Waals surface area contributed by atoms with Crippen LogP contribution >= 0.6 is 0 Å². The molecule has 0 saturated carbocycles. The Labute approximate surface area is 50.7 Å². The van der Waals surface area contributed by atoms with E-state index in [2.05, 4.69) is 13.8 Å². The van der Waals surface area contributed by atoms with Crippen molar-refractivity contribution in [2.75, 3.05) is 13.2 Å². The number of rotatable bonds is 3. The summed E-state index contributed by atoms with van der Waals surface area (Å²) in [4.78, 5) is 0. The molecule has 8 heavy (non-hydrogen) atoms. The standard InChI is InChI=1S/C6H15NO/c1-5(2)6(3-7)4-8/h5-6,8H,3-4,7H2,1-2H3/t6-/m0/s1. The van der Waals surface area contributed by atoms with Crippen molar-refractivity contribution in [3.05, 3.63) is 0 Å². The molecule has 0 radical (unpaired) electrons. The highest BCUT2D eigenvalue weighted by molar-refractivity contribution is 4.60. The highest BCUT2D eigenvalue weighted by atomic mass is 16.3. The van der Waals surface area contributed by atoms with E-state index in [4.69, 9.17) is 10.8 Å². The van der Waals surface area contributed by atoms with Gasteiger partial charge in [-0.2, -0.15) is 0 Å². The van der Waals surface area contributed by atoms with E-state index in [0.29, 0.717) is 12.5 Å². The van der Waals surface area contributed by atoms with Crippen LogP contribution in [0.5, 0.6) is 0 Å². The fraction of sp³-hybridized carbons (Fsp3) is 1.00. The van der Waals surface area contributed by atoms with Gasteiger partial charge in [-0.15, -0.1) is 0 Å². The number of aliphatic hydroxyl groups excluding tert-OH is 1. The molecule has 0 amide bonds. The van der Waals surface area contributed by atoms with Gasteiger partial charge < -0.3 is 10.8 Å². The minimum atomic E-state index is 0.216. The minimum Gasteiger partial charge on any atom is -0.396 e. The van der Waals surface area contributed by atoms with Gasteiger partial charge in [-0.1, -0.05) is 13.8 Å². The third kappa shape index (κ3) is 2.28.